The summed E-state index contributed by atoms with van der Waals surface area (Å²) >= 11 is 0. The highest BCUT2D eigenvalue weighted by Gasteiger charge is 2.21. The van der Waals surface area contributed by atoms with Gasteiger partial charge in [-0.3, -0.25) is 9.78 Å². The molecule has 0 fully saturated rings. The second-order valence-corrected chi connectivity index (χ2v) is 7.52. The van der Waals surface area contributed by atoms with Crippen LogP contribution in [0.3, 0.4) is 0 Å². The summed E-state index contributed by atoms with van der Waals surface area (Å²) in [6.07, 6.45) is 4.35. The van der Waals surface area contributed by atoms with E-state index in [1.807, 2.05) is 19.2 Å². The number of anilines is 1. The highest BCUT2D eigenvalue weighted by Crippen LogP contribution is 2.29. The van der Waals surface area contributed by atoms with Gasteiger partial charge in [0.2, 0.25) is 0 Å². The Labute approximate surface area is 168 Å². The summed E-state index contributed by atoms with van der Waals surface area (Å²) in [4.78, 5) is 23.4. The van der Waals surface area contributed by atoms with Crippen molar-refractivity contribution in [3.05, 3.63) is 87.6 Å². The van der Waals surface area contributed by atoms with Gasteiger partial charge in [0.05, 0.1) is 0 Å². The molecule has 0 unspecified atom stereocenters. The minimum absolute atomic E-state index is 0.169. The number of hydrogen-bond acceptors (Lipinski definition) is 5. The zero-order valence-corrected chi connectivity index (χ0v) is 16.5. The number of pyridine rings is 1. The first-order chi connectivity index (χ1) is 14.1. The second kappa shape index (κ2) is 6.81. The first-order valence-corrected chi connectivity index (χ1v) is 9.74. The van der Waals surface area contributed by atoms with Crippen LogP contribution >= 0.6 is 0 Å². The number of rotatable bonds is 2. The van der Waals surface area contributed by atoms with Crippen molar-refractivity contribution in [2.45, 2.75) is 26.8 Å². The van der Waals surface area contributed by atoms with Gasteiger partial charge in [-0.15, -0.1) is 5.10 Å². The van der Waals surface area contributed by atoms with Crippen LogP contribution in [0.15, 0.2) is 59.7 Å². The largest absolute Gasteiger partial charge is 0.350 e. The van der Waals surface area contributed by atoms with Gasteiger partial charge in [-0.2, -0.15) is 4.52 Å². The molecule has 3 aromatic heterocycles. The van der Waals surface area contributed by atoms with Crippen molar-refractivity contribution in [2.75, 3.05) is 11.4 Å². The lowest BCUT2D eigenvalue weighted by Gasteiger charge is -2.30. The molecule has 4 aromatic rings. The lowest BCUT2D eigenvalue weighted by atomic mass is 9.97. The Morgan fingerprint density at radius 1 is 1.00 bits per heavy atom. The molecule has 0 amide bonds. The third-order valence-corrected chi connectivity index (χ3v) is 5.54. The van der Waals surface area contributed by atoms with Crippen molar-refractivity contribution in [2.24, 2.45) is 0 Å². The SMILES string of the molecule is Cc1ccccc1-c1cnc2c(c1)CN(c1nn3c(=O)ccnc3cc1C)CC2. The van der Waals surface area contributed by atoms with E-state index in [0.717, 1.165) is 42.1 Å². The molecule has 0 saturated heterocycles. The minimum atomic E-state index is -0.169. The van der Waals surface area contributed by atoms with Crippen LogP contribution in [0.1, 0.15) is 22.4 Å². The Kier molecular flexibility index (Phi) is 4.12. The number of aryl methyl sites for hydroxylation is 2. The van der Waals surface area contributed by atoms with Crippen LogP contribution in [-0.2, 0) is 13.0 Å². The number of fused-ring (bicyclic) bond motifs is 2. The average Bonchev–Trinajstić information content (AvgIpc) is 2.73. The maximum atomic E-state index is 12.2. The number of aromatic nitrogens is 4. The summed E-state index contributed by atoms with van der Waals surface area (Å²) in [5.74, 6) is 0.819. The third kappa shape index (κ3) is 3.06. The Balaban J connectivity index is 1.54. The quantitative estimate of drug-likeness (QED) is 0.531. The number of hydrogen-bond donors (Lipinski definition) is 0. The molecule has 1 aromatic carbocycles. The molecule has 0 spiro atoms. The van der Waals surface area contributed by atoms with E-state index in [1.165, 1.54) is 33.5 Å². The van der Waals surface area contributed by atoms with Gasteiger partial charge in [0.15, 0.2) is 11.5 Å². The summed E-state index contributed by atoms with van der Waals surface area (Å²) in [7, 11) is 0. The van der Waals surface area contributed by atoms with E-state index in [9.17, 15) is 4.79 Å². The fraction of sp³-hybridized carbons (Fsp3) is 0.217. The van der Waals surface area contributed by atoms with Crippen LogP contribution in [0.25, 0.3) is 16.8 Å². The third-order valence-electron chi connectivity index (χ3n) is 5.54. The van der Waals surface area contributed by atoms with Crippen molar-refractivity contribution in [1.29, 1.82) is 0 Å². The monoisotopic (exact) mass is 383 g/mol. The lowest BCUT2D eigenvalue weighted by molar-refractivity contribution is 0.685. The Bertz CT molecular complexity index is 1290. The number of benzene rings is 1. The molecule has 0 N–H and O–H groups in total. The molecule has 6 nitrogen and oxygen atoms in total. The molecule has 5 rings (SSSR count). The Morgan fingerprint density at radius 3 is 2.72 bits per heavy atom. The van der Waals surface area contributed by atoms with Crippen molar-refractivity contribution < 1.29 is 0 Å². The van der Waals surface area contributed by atoms with Crippen LogP contribution in [0, 0.1) is 13.8 Å². The van der Waals surface area contributed by atoms with Crippen molar-refractivity contribution >= 4 is 11.5 Å². The fourth-order valence-electron chi connectivity index (χ4n) is 4.01. The van der Waals surface area contributed by atoms with Crippen LogP contribution in [-0.4, -0.2) is 26.1 Å². The smallest absolute Gasteiger partial charge is 0.274 e. The van der Waals surface area contributed by atoms with E-state index in [0.29, 0.717) is 5.65 Å². The van der Waals surface area contributed by atoms with Gasteiger partial charge < -0.3 is 4.90 Å². The van der Waals surface area contributed by atoms with Crippen LogP contribution in [0.5, 0.6) is 0 Å². The predicted molar refractivity (Wildman–Crippen MR) is 113 cm³/mol. The Hall–Kier alpha value is -3.54. The molecule has 0 bridgehead atoms. The first-order valence-electron chi connectivity index (χ1n) is 9.74. The topological polar surface area (TPSA) is 63.4 Å². The summed E-state index contributed by atoms with van der Waals surface area (Å²) in [5.41, 5.74) is 7.32. The fourth-order valence-corrected chi connectivity index (χ4v) is 4.01. The van der Waals surface area contributed by atoms with Gasteiger partial charge >= 0.3 is 0 Å². The van der Waals surface area contributed by atoms with Crippen LogP contribution in [0.4, 0.5) is 5.82 Å². The molecule has 29 heavy (non-hydrogen) atoms. The Morgan fingerprint density at radius 2 is 1.86 bits per heavy atom. The minimum Gasteiger partial charge on any atom is -0.350 e. The van der Waals surface area contributed by atoms with Gasteiger partial charge in [-0.25, -0.2) is 4.98 Å². The summed E-state index contributed by atoms with van der Waals surface area (Å²) in [6, 6.07) is 14.0. The molecule has 6 heteroatoms. The van der Waals surface area contributed by atoms with E-state index in [4.69, 9.17) is 4.98 Å². The van der Waals surface area contributed by atoms with E-state index in [2.05, 4.69) is 52.2 Å². The molecule has 0 saturated carbocycles. The average molecular weight is 383 g/mol. The molecule has 1 aliphatic heterocycles. The van der Waals surface area contributed by atoms with Crippen molar-refractivity contribution in [1.82, 2.24) is 19.6 Å². The maximum absolute atomic E-state index is 12.2. The normalized spacial score (nSPS) is 13.5. The van der Waals surface area contributed by atoms with Crippen LogP contribution in [0.2, 0.25) is 0 Å². The highest BCUT2D eigenvalue weighted by molar-refractivity contribution is 5.67. The summed E-state index contributed by atoms with van der Waals surface area (Å²) < 4.78 is 1.37. The standard InChI is InChI=1S/C23H21N5O/c1-15-5-3-4-6-19(15)17-12-18-14-27(10-8-20(18)25-13-17)23-16(2)11-21-24-9-7-22(29)28(21)26-23/h3-7,9,11-13H,8,10,14H2,1-2H3. The number of nitrogens with zero attached hydrogens (tertiary/aromatic N) is 5. The zero-order chi connectivity index (χ0) is 20.0. The van der Waals surface area contributed by atoms with Crippen molar-refractivity contribution in [3.63, 3.8) is 0 Å². The molecule has 1 aliphatic rings. The molecule has 144 valence electrons. The summed E-state index contributed by atoms with van der Waals surface area (Å²) in [6.45, 7) is 5.67. The molecule has 0 aliphatic carbocycles. The first kappa shape index (κ1) is 17.6. The zero-order valence-electron chi connectivity index (χ0n) is 16.5. The lowest BCUT2D eigenvalue weighted by Crippen LogP contribution is -2.33. The molecule has 0 radical (unpaired) electrons. The van der Waals surface area contributed by atoms with Crippen LogP contribution < -0.4 is 10.5 Å². The highest BCUT2D eigenvalue weighted by atomic mass is 16.1. The van der Waals surface area contributed by atoms with Gasteiger partial charge in [0.25, 0.3) is 5.56 Å². The van der Waals surface area contributed by atoms with Crippen molar-refractivity contribution in [3.8, 4) is 11.1 Å². The molecule has 4 heterocycles. The van der Waals surface area contributed by atoms with E-state index in [1.54, 1.807) is 0 Å². The van der Waals surface area contributed by atoms with Gasteiger partial charge in [0, 0.05) is 49.2 Å². The van der Waals surface area contributed by atoms with E-state index < -0.39 is 0 Å². The summed E-state index contributed by atoms with van der Waals surface area (Å²) in [5, 5.41) is 4.61. The molecular weight excluding hydrogens is 362 g/mol. The van der Waals surface area contributed by atoms with E-state index >= 15 is 0 Å². The van der Waals surface area contributed by atoms with Gasteiger partial charge in [-0.1, -0.05) is 24.3 Å². The van der Waals surface area contributed by atoms with Gasteiger partial charge in [-0.05, 0) is 48.2 Å². The molecular formula is C23H21N5O. The predicted octanol–water partition coefficient (Wildman–Crippen LogP) is 3.33. The molecule has 0 atom stereocenters. The van der Waals surface area contributed by atoms with Gasteiger partial charge in [0.1, 0.15) is 0 Å². The second-order valence-electron chi connectivity index (χ2n) is 7.52. The maximum Gasteiger partial charge on any atom is 0.274 e. The van der Waals surface area contributed by atoms with E-state index in [-0.39, 0.29) is 5.56 Å².